The van der Waals surface area contributed by atoms with Crippen molar-refractivity contribution in [3.63, 3.8) is 0 Å². The average molecular weight is 327 g/mol. The Morgan fingerprint density at radius 3 is 2.54 bits per heavy atom. The van der Waals surface area contributed by atoms with Crippen molar-refractivity contribution in [2.45, 2.75) is 51.0 Å². The third-order valence-electron chi connectivity index (χ3n) is 4.59. The van der Waals surface area contributed by atoms with Crippen molar-refractivity contribution in [3.05, 3.63) is 35.9 Å². The lowest BCUT2D eigenvalue weighted by atomic mass is 9.85. The maximum Gasteiger partial charge on any atom is 0.251 e. The van der Waals surface area contributed by atoms with Crippen LogP contribution in [-0.2, 0) is 4.79 Å². The minimum absolute atomic E-state index is 0.0417. The number of nitrogens with one attached hydrogen (secondary N) is 2. The molecule has 0 radical (unpaired) electrons. The van der Waals surface area contributed by atoms with Crippen molar-refractivity contribution < 1.29 is 9.59 Å². The normalized spacial score (nSPS) is 16.0. The molecule has 1 saturated carbocycles. The summed E-state index contributed by atoms with van der Waals surface area (Å²) in [5, 5.41) is 14.0. The lowest BCUT2D eigenvalue weighted by molar-refractivity contribution is -0.123. The molecule has 0 heterocycles. The standard InChI is InChI=1S/C19H25N3O2/c20-13-14-21-19(24)17(12-11-15-7-3-1-4-8-15)22-18(23)16-9-5-2-6-10-16/h2,5-6,9-10,15,17H,1,3-4,7-8,11-12,14H2,(H,21,24)(H,22,23). The Labute approximate surface area is 143 Å². The zero-order chi connectivity index (χ0) is 17.2. The molecule has 1 aromatic rings. The molecule has 0 aliphatic heterocycles. The summed E-state index contributed by atoms with van der Waals surface area (Å²) in [7, 11) is 0. The van der Waals surface area contributed by atoms with Gasteiger partial charge >= 0.3 is 0 Å². The molecule has 0 bridgehead atoms. The number of hydrogen-bond donors (Lipinski definition) is 2. The van der Waals surface area contributed by atoms with Crippen LogP contribution in [0.1, 0.15) is 55.3 Å². The van der Waals surface area contributed by atoms with E-state index in [1.54, 1.807) is 24.3 Å². The summed E-state index contributed by atoms with van der Waals surface area (Å²) in [5.41, 5.74) is 0.535. The number of benzene rings is 1. The van der Waals surface area contributed by atoms with E-state index in [-0.39, 0.29) is 18.4 Å². The quantitative estimate of drug-likeness (QED) is 0.756. The van der Waals surface area contributed by atoms with E-state index in [9.17, 15) is 9.59 Å². The van der Waals surface area contributed by atoms with E-state index >= 15 is 0 Å². The van der Waals surface area contributed by atoms with Crippen molar-refractivity contribution in [2.75, 3.05) is 6.54 Å². The number of carbonyl (C=O) groups is 2. The number of nitriles is 1. The number of amides is 2. The summed E-state index contributed by atoms with van der Waals surface area (Å²) in [6.07, 6.45) is 7.77. The molecule has 1 atom stereocenters. The highest BCUT2D eigenvalue weighted by Gasteiger charge is 2.23. The molecule has 1 aliphatic carbocycles. The Hall–Kier alpha value is -2.35. The second kappa shape index (κ2) is 9.71. The van der Waals surface area contributed by atoms with Crippen LogP contribution in [0.15, 0.2) is 30.3 Å². The van der Waals surface area contributed by atoms with E-state index in [2.05, 4.69) is 10.6 Å². The second-order valence-electron chi connectivity index (χ2n) is 6.35. The Morgan fingerprint density at radius 2 is 1.88 bits per heavy atom. The summed E-state index contributed by atoms with van der Waals surface area (Å²) < 4.78 is 0. The van der Waals surface area contributed by atoms with Crippen LogP contribution in [-0.4, -0.2) is 24.4 Å². The highest BCUT2D eigenvalue weighted by Crippen LogP contribution is 2.27. The third kappa shape index (κ3) is 5.69. The van der Waals surface area contributed by atoms with E-state index in [4.69, 9.17) is 5.26 Å². The van der Waals surface area contributed by atoms with E-state index in [1.807, 2.05) is 12.1 Å². The smallest absolute Gasteiger partial charge is 0.251 e. The zero-order valence-corrected chi connectivity index (χ0v) is 14.0. The van der Waals surface area contributed by atoms with Crippen molar-refractivity contribution >= 4 is 11.8 Å². The van der Waals surface area contributed by atoms with Gasteiger partial charge in [-0.3, -0.25) is 9.59 Å². The van der Waals surface area contributed by atoms with Gasteiger partial charge in [-0.05, 0) is 30.9 Å². The van der Waals surface area contributed by atoms with Crippen LogP contribution in [0.5, 0.6) is 0 Å². The van der Waals surface area contributed by atoms with Gasteiger partial charge in [-0.15, -0.1) is 0 Å². The van der Waals surface area contributed by atoms with Crippen LogP contribution >= 0.6 is 0 Å². The maximum atomic E-state index is 12.3. The highest BCUT2D eigenvalue weighted by molar-refractivity contribution is 5.97. The predicted molar refractivity (Wildman–Crippen MR) is 92.1 cm³/mol. The molecule has 1 aliphatic rings. The Morgan fingerprint density at radius 1 is 1.17 bits per heavy atom. The van der Waals surface area contributed by atoms with Gasteiger partial charge in [0, 0.05) is 5.56 Å². The topological polar surface area (TPSA) is 82.0 Å². The van der Waals surface area contributed by atoms with Crippen LogP contribution in [0.2, 0.25) is 0 Å². The van der Waals surface area contributed by atoms with Gasteiger partial charge in [0.25, 0.3) is 5.91 Å². The molecule has 1 unspecified atom stereocenters. The summed E-state index contributed by atoms with van der Waals surface area (Å²) in [5.74, 6) is 0.103. The van der Waals surface area contributed by atoms with Gasteiger partial charge in [-0.1, -0.05) is 50.3 Å². The second-order valence-corrected chi connectivity index (χ2v) is 6.35. The van der Waals surface area contributed by atoms with E-state index in [0.717, 1.165) is 6.42 Å². The number of nitrogens with zero attached hydrogens (tertiary/aromatic N) is 1. The fourth-order valence-corrected chi connectivity index (χ4v) is 3.23. The fraction of sp³-hybridized carbons (Fsp3) is 0.526. The molecule has 2 amide bonds. The van der Waals surface area contributed by atoms with Crippen molar-refractivity contribution in [1.29, 1.82) is 5.26 Å². The third-order valence-corrected chi connectivity index (χ3v) is 4.59. The largest absolute Gasteiger partial charge is 0.341 e. The number of carbonyl (C=O) groups excluding carboxylic acids is 2. The Kier molecular flexibility index (Phi) is 7.28. The first-order valence-corrected chi connectivity index (χ1v) is 8.71. The van der Waals surface area contributed by atoms with Crippen LogP contribution in [0, 0.1) is 17.2 Å². The molecule has 0 saturated heterocycles. The van der Waals surface area contributed by atoms with Gasteiger partial charge in [-0.2, -0.15) is 5.26 Å². The van der Waals surface area contributed by atoms with Gasteiger partial charge in [0.2, 0.25) is 5.91 Å². The number of hydrogen-bond acceptors (Lipinski definition) is 3. The highest BCUT2D eigenvalue weighted by atomic mass is 16.2. The molecule has 0 aromatic heterocycles. The van der Waals surface area contributed by atoms with E-state index in [0.29, 0.717) is 17.9 Å². The van der Waals surface area contributed by atoms with E-state index in [1.165, 1.54) is 32.1 Å². The number of rotatable bonds is 7. The van der Waals surface area contributed by atoms with Crippen LogP contribution in [0.25, 0.3) is 0 Å². The molecule has 0 spiro atoms. The fourth-order valence-electron chi connectivity index (χ4n) is 3.23. The van der Waals surface area contributed by atoms with Gasteiger partial charge in [0.15, 0.2) is 0 Å². The predicted octanol–water partition coefficient (Wildman–Crippen LogP) is 2.79. The van der Waals surface area contributed by atoms with Gasteiger partial charge in [0.1, 0.15) is 12.6 Å². The summed E-state index contributed by atoms with van der Waals surface area (Å²) in [6, 6.07) is 10.2. The van der Waals surface area contributed by atoms with Crippen LogP contribution < -0.4 is 10.6 Å². The van der Waals surface area contributed by atoms with Gasteiger partial charge < -0.3 is 10.6 Å². The molecule has 2 N–H and O–H groups in total. The Balaban J connectivity index is 1.95. The monoisotopic (exact) mass is 327 g/mol. The van der Waals surface area contributed by atoms with Gasteiger partial charge in [-0.25, -0.2) is 0 Å². The molecule has 128 valence electrons. The van der Waals surface area contributed by atoms with Crippen molar-refractivity contribution in [1.82, 2.24) is 10.6 Å². The van der Waals surface area contributed by atoms with Crippen LogP contribution in [0.3, 0.4) is 0 Å². The SMILES string of the molecule is N#CCNC(=O)C(CCC1CCCCC1)NC(=O)c1ccccc1. The molecule has 5 heteroatoms. The lowest BCUT2D eigenvalue weighted by Crippen LogP contribution is -2.47. The van der Waals surface area contributed by atoms with Crippen LogP contribution in [0.4, 0.5) is 0 Å². The molecule has 1 aromatic carbocycles. The van der Waals surface area contributed by atoms with Gasteiger partial charge in [0.05, 0.1) is 6.07 Å². The molecular weight excluding hydrogens is 302 g/mol. The molecular formula is C19H25N3O2. The first kappa shape index (κ1) is 18.0. The molecule has 5 nitrogen and oxygen atoms in total. The maximum absolute atomic E-state index is 12.3. The average Bonchev–Trinajstić information content (AvgIpc) is 2.64. The Bertz CT molecular complexity index is 574. The summed E-state index contributed by atoms with van der Waals surface area (Å²) in [6.45, 7) is -0.0417. The first-order chi connectivity index (χ1) is 11.7. The minimum atomic E-state index is -0.590. The van der Waals surface area contributed by atoms with Crippen molar-refractivity contribution in [3.8, 4) is 6.07 Å². The minimum Gasteiger partial charge on any atom is -0.341 e. The zero-order valence-electron chi connectivity index (χ0n) is 14.0. The molecule has 24 heavy (non-hydrogen) atoms. The van der Waals surface area contributed by atoms with Crippen molar-refractivity contribution in [2.24, 2.45) is 5.92 Å². The molecule has 1 fully saturated rings. The molecule has 2 rings (SSSR count). The summed E-state index contributed by atoms with van der Waals surface area (Å²) in [4.78, 5) is 24.6. The lowest BCUT2D eigenvalue weighted by Gasteiger charge is -2.24. The van der Waals surface area contributed by atoms with E-state index < -0.39 is 6.04 Å². The summed E-state index contributed by atoms with van der Waals surface area (Å²) >= 11 is 0. The first-order valence-electron chi connectivity index (χ1n) is 8.71.